The minimum atomic E-state index is -0.803. The lowest BCUT2D eigenvalue weighted by atomic mass is 9.95. The van der Waals surface area contributed by atoms with E-state index in [0.29, 0.717) is 56.6 Å². The minimum absolute atomic E-state index is 0.172. The number of thiazole rings is 1. The van der Waals surface area contributed by atoms with Gasteiger partial charge in [0.15, 0.2) is 27.8 Å². The third-order valence-electron chi connectivity index (χ3n) is 6.14. The number of hydrogen-bond acceptors (Lipinski definition) is 10. The van der Waals surface area contributed by atoms with Crippen molar-refractivity contribution in [3.63, 3.8) is 0 Å². The molecule has 216 valence electrons. The Labute approximate surface area is 241 Å². The van der Waals surface area contributed by atoms with Gasteiger partial charge in [0.25, 0.3) is 5.56 Å². The molecule has 1 atom stereocenters. The Morgan fingerprint density at radius 3 is 2.34 bits per heavy atom. The Morgan fingerprint density at radius 2 is 1.68 bits per heavy atom. The van der Waals surface area contributed by atoms with E-state index in [1.165, 1.54) is 29.9 Å². The Kier molecular flexibility index (Phi) is 9.28. The first-order valence-electron chi connectivity index (χ1n) is 13.2. The van der Waals surface area contributed by atoms with Crippen LogP contribution in [0.3, 0.4) is 0 Å². The number of carbonyl (C=O) groups is 2. The maximum absolute atomic E-state index is 13.9. The molecule has 2 heterocycles. The molecule has 3 aromatic rings. The number of carbonyl (C=O) groups excluding carboxylic acids is 2. The summed E-state index contributed by atoms with van der Waals surface area (Å²) in [5.74, 6) is 0.665. The van der Waals surface area contributed by atoms with Gasteiger partial charge < -0.3 is 23.7 Å². The number of nitrogens with zero attached hydrogens (tertiary/aromatic N) is 2. The highest BCUT2D eigenvalue weighted by Crippen LogP contribution is 2.36. The highest BCUT2D eigenvalue weighted by atomic mass is 32.1. The van der Waals surface area contributed by atoms with Gasteiger partial charge in [-0.2, -0.15) is 0 Å². The van der Waals surface area contributed by atoms with E-state index in [0.717, 1.165) is 0 Å². The number of benzene rings is 2. The van der Waals surface area contributed by atoms with E-state index in [2.05, 4.69) is 4.99 Å². The Morgan fingerprint density at radius 1 is 0.976 bits per heavy atom. The molecule has 0 fully saturated rings. The fraction of sp³-hybridized carbons (Fsp3) is 0.333. The first kappa shape index (κ1) is 29.6. The van der Waals surface area contributed by atoms with Crippen LogP contribution in [-0.4, -0.2) is 43.4 Å². The molecule has 0 amide bonds. The molecule has 1 unspecified atom stereocenters. The highest BCUT2D eigenvalue weighted by molar-refractivity contribution is 7.07. The number of allylic oxidation sites excluding steroid dienone is 1. The molecule has 1 aromatic heterocycles. The van der Waals surface area contributed by atoms with Crippen LogP contribution in [0, 0.1) is 0 Å². The van der Waals surface area contributed by atoms with Crippen molar-refractivity contribution in [1.29, 1.82) is 0 Å². The predicted molar refractivity (Wildman–Crippen MR) is 153 cm³/mol. The van der Waals surface area contributed by atoms with Gasteiger partial charge in [-0.3, -0.25) is 14.2 Å². The number of esters is 2. The van der Waals surface area contributed by atoms with Crippen molar-refractivity contribution >= 4 is 29.4 Å². The Balaban J connectivity index is 1.91. The van der Waals surface area contributed by atoms with Crippen molar-refractivity contribution in [2.24, 2.45) is 4.99 Å². The van der Waals surface area contributed by atoms with Gasteiger partial charge in [0.05, 0.1) is 48.8 Å². The average Bonchev–Trinajstić information content (AvgIpc) is 3.23. The lowest BCUT2D eigenvalue weighted by molar-refractivity contribution is -0.139. The van der Waals surface area contributed by atoms with Crippen molar-refractivity contribution in [2.45, 2.75) is 40.7 Å². The zero-order chi connectivity index (χ0) is 29.7. The summed E-state index contributed by atoms with van der Waals surface area (Å²) in [6, 6.07) is 9.55. The summed E-state index contributed by atoms with van der Waals surface area (Å²) in [6.07, 6.45) is 1.70. The van der Waals surface area contributed by atoms with Crippen LogP contribution in [0.1, 0.15) is 51.8 Å². The fourth-order valence-electron chi connectivity index (χ4n) is 4.51. The molecule has 1 aliphatic heterocycles. The molecule has 0 aliphatic carbocycles. The molecule has 0 saturated carbocycles. The zero-order valence-electron chi connectivity index (χ0n) is 23.8. The van der Waals surface area contributed by atoms with Crippen LogP contribution >= 0.6 is 11.3 Å². The molecule has 0 radical (unpaired) electrons. The maximum atomic E-state index is 13.9. The molecule has 10 nitrogen and oxygen atoms in total. The van der Waals surface area contributed by atoms with Crippen LogP contribution in [0.5, 0.6) is 23.0 Å². The lowest BCUT2D eigenvalue weighted by Crippen LogP contribution is -2.40. The van der Waals surface area contributed by atoms with Crippen LogP contribution in [0.25, 0.3) is 6.08 Å². The summed E-state index contributed by atoms with van der Waals surface area (Å²) in [5.41, 5.74) is 1.70. The molecule has 2 aromatic carbocycles. The van der Waals surface area contributed by atoms with Gasteiger partial charge in [-0.1, -0.05) is 23.5 Å². The molecule has 1 aliphatic rings. The van der Waals surface area contributed by atoms with Gasteiger partial charge in [0.1, 0.15) is 0 Å². The van der Waals surface area contributed by atoms with Gasteiger partial charge in [-0.15, -0.1) is 0 Å². The second-order valence-electron chi connectivity index (χ2n) is 8.88. The monoisotopic (exact) mass is 580 g/mol. The van der Waals surface area contributed by atoms with Crippen LogP contribution < -0.4 is 33.8 Å². The third kappa shape index (κ3) is 6.19. The van der Waals surface area contributed by atoms with E-state index in [-0.39, 0.29) is 23.5 Å². The molecule has 0 bridgehead atoms. The van der Waals surface area contributed by atoms with Crippen molar-refractivity contribution in [1.82, 2.24) is 4.57 Å². The van der Waals surface area contributed by atoms with Gasteiger partial charge in [-0.25, -0.2) is 9.79 Å². The second kappa shape index (κ2) is 12.9. The summed E-state index contributed by atoms with van der Waals surface area (Å²) in [7, 11) is 1.47. The normalized spacial score (nSPS) is 14.7. The minimum Gasteiger partial charge on any atom is -0.493 e. The largest absolute Gasteiger partial charge is 0.493 e. The van der Waals surface area contributed by atoms with Crippen LogP contribution in [0.2, 0.25) is 0 Å². The zero-order valence-corrected chi connectivity index (χ0v) is 24.6. The second-order valence-corrected chi connectivity index (χ2v) is 9.89. The first-order chi connectivity index (χ1) is 19.7. The molecule has 41 heavy (non-hydrogen) atoms. The van der Waals surface area contributed by atoms with Gasteiger partial charge in [0.2, 0.25) is 0 Å². The molecule has 4 rings (SSSR count). The topological polar surface area (TPSA) is 115 Å². The van der Waals surface area contributed by atoms with E-state index in [1.807, 2.05) is 19.9 Å². The fourth-order valence-corrected chi connectivity index (χ4v) is 5.56. The Hall–Kier alpha value is -4.38. The molecule has 0 saturated heterocycles. The van der Waals surface area contributed by atoms with Crippen molar-refractivity contribution in [3.8, 4) is 23.0 Å². The standard InChI is InChI=1S/C30H32N2O8S/c1-7-37-21-13-11-20(16-24(21)38-8-2)27-26(29(35)39-9-3)17(4)31-30-32(27)28(34)25(41-30)15-19-10-12-22(40-18(5)33)23(14-19)36-6/h10-16,27H,7-9H2,1-6H3. The van der Waals surface area contributed by atoms with Crippen molar-refractivity contribution < 1.29 is 33.3 Å². The first-order valence-corrected chi connectivity index (χ1v) is 14.0. The van der Waals surface area contributed by atoms with Crippen LogP contribution in [0.15, 0.2) is 57.5 Å². The number of hydrogen-bond donors (Lipinski definition) is 0. The lowest BCUT2D eigenvalue weighted by Gasteiger charge is -2.25. The van der Waals surface area contributed by atoms with E-state index in [1.54, 1.807) is 50.3 Å². The summed E-state index contributed by atoms with van der Waals surface area (Å²) >= 11 is 1.20. The number of aromatic nitrogens is 1. The third-order valence-corrected chi connectivity index (χ3v) is 7.12. The number of methoxy groups -OCH3 is 1. The number of fused-ring (bicyclic) bond motifs is 1. The van der Waals surface area contributed by atoms with E-state index in [9.17, 15) is 14.4 Å². The summed E-state index contributed by atoms with van der Waals surface area (Å²) in [6.45, 7) is 9.54. The maximum Gasteiger partial charge on any atom is 0.338 e. The summed E-state index contributed by atoms with van der Waals surface area (Å²) < 4.78 is 29.4. The van der Waals surface area contributed by atoms with Gasteiger partial charge in [0, 0.05) is 6.92 Å². The number of rotatable bonds is 10. The molecule has 0 spiro atoms. The molecule has 0 N–H and O–H groups in total. The van der Waals surface area contributed by atoms with Gasteiger partial charge >= 0.3 is 11.9 Å². The van der Waals surface area contributed by atoms with Crippen LogP contribution in [0.4, 0.5) is 0 Å². The predicted octanol–water partition coefficient (Wildman–Crippen LogP) is 3.53. The van der Waals surface area contributed by atoms with E-state index < -0.39 is 18.0 Å². The molecular weight excluding hydrogens is 548 g/mol. The van der Waals surface area contributed by atoms with Gasteiger partial charge in [-0.05, 0) is 69.2 Å². The SMILES string of the molecule is CCOC(=O)C1=C(C)N=c2sc(=Cc3ccc(OC(C)=O)c(OC)c3)c(=O)n2C1c1ccc(OCC)c(OCC)c1. The quantitative estimate of drug-likeness (QED) is 0.264. The smallest absolute Gasteiger partial charge is 0.338 e. The molecular formula is C30H32N2O8S. The number of ether oxygens (including phenoxy) is 5. The summed E-state index contributed by atoms with van der Waals surface area (Å²) in [5, 5.41) is 0. The van der Waals surface area contributed by atoms with E-state index in [4.69, 9.17) is 23.7 Å². The summed E-state index contributed by atoms with van der Waals surface area (Å²) in [4.78, 5) is 43.6. The van der Waals surface area contributed by atoms with Crippen LogP contribution in [-0.2, 0) is 14.3 Å². The van der Waals surface area contributed by atoms with E-state index >= 15 is 0 Å². The molecule has 11 heteroatoms. The van der Waals surface area contributed by atoms with Crippen molar-refractivity contribution in [3.05, 3.63) is 78.5 Å². The average molecular weight is 581 g/mol. The van der Waals surface area contributed by atoms with Crippen molar-refractivity contribution in [2.75, 3.05) is 26.9 Å². The highest BCUT2D eigenvalue weighted by Gasteiger charge is 2.34. The Bertz CT molecular complexity index is 1690.